The van der Waals surface area contributed by atoms with Crippen molar-refractivity contribution in [3.05, 3.63) is 42.0 Å². The van der Waals surface area contributed by atoms with Crippen LogP contribution in [-0.4, -0.2) is 12.5 Å². The highest BCUT2D eigenvalue weighted by atomic mass is 16.5. The van der Waals surface area contributed by atoms with E-state index in [1.165, 1.54) is 12.0 Å². The van der Waals surface area contributed by atoms with Gasteiger partial charge in [-0.2, -0.15) is 0 Å². The van der Waals surface area contributed by atoms with Crippen LogP contribution >= 0.6 is 0 Å². The van der Waals surface area contributed by atoms with Crippen LogP contribution in [0.4, 0.5) is 0 Å². The minimum absolute atomic E-state index is 0.151. The number of hydrogen-bond donors (Lipinski definition) is 0. The van der Waals surface area contributed by atoms with Crippen molar-refractivity contribution >= 4 is 12.1 Å². The van der Waals surface area contributed by atoms with Crippen molar-refractivity contribution in [2.45, 2.75) is 26.9 Å². The molecular formula is C13H17NO. The molecule has 0 aliphatic carbocycles. The predicted octanol–water partition coefficient (Wildman–Crippen LogP) is 3.42. The highest BCUT2D eigenvalue weighted by Gasteiger charge is 1.99. The molecule has 1 rings (SSSR count). The zero-order valence-corrected chi connectivity index (χ0v) is 9.53. The number of hydrogen-bond acceptors (Lipinski definition) is 2. The average Bonchev–Trinajstić information content (AvgIpc) is 2.17. The highest BCUT2D eigenvalue weighted by Crippen LogP contribution is 2.17. The summed E-state index contributed by atoms with van der Waals surface area (Å²) >= 11 is 0. The molecule has 0 unspecified atom stereocenters. The van der Waals surface area contributed by atoms with Crippen LogP contribution in [-0.2, 0) is 4.74 Å². The Hall–Kier alpha value is -1.57. The van der Waals surface area contributed by atoms with E-state index in [0.29, 0.717) is 0 Å². The summed E-state index contributed by atoms with van der Waals surface area (Å²) in [5.74, 6) is 0. The van der Waals surface area contributed by atoms with Crippen molar-refractivity contribution in [3.63, 3.8) is 0 Å². The minimum Gasteiger partial charge on any atom is -0.481 e. The number of aliphatic imine (C=N–C) groups is 1. The van der Waals surface area contributed by atoms with Crippen LogP contribution in [0.5, 0.6) is 0 Å². The van der Waals surface area contributed by atoms with Crippen molar-refractivity contribution < 1.29 is 4.74 Å². The summed E-state index contributed by atoms with van der Waals surface area (Å²) in [6.07, 6.45) is 1.61. The zero-order valence-electron chi connectivity index (χ0n) is 9.53. The molecule has 0 atom stereocenters. The zero-order chi connectivity index (χ0) is 11.3. The highest BCUT2D eigenvalue weighted by molar-refractivity contribution is 5.71. The van der Waals surface area contributed by atoms with Crippen molar-refractivity contribution in [2.75, 3.05) is 0 Å². The van der Waals surface area contributed by atoms with Crippen LogP contribution < -0.4 is 0 Å². The van der Waals surface area contributed by atoms with Gasteiger partial charge in [0.25, 0.3) is 0 Å². The SMILES string of the molecule is C=C(N=COC(C)C)c1ccccc1C. The van der Waals surface area contributed by atoms with Gasteiger partial charge in [-0.1, -0.05) is 30.8 Å². The molecule has 0 saturated heterocycles. The first-order valence-electron chi connectivity index (χ1n) is 5.04. The van der Waals surface area contributed by atoms with E-state index in [-0.39, 0.29) is 6.10 Å². The number of rotatable bonds is 4. The molecule has 0 amide bonds. The first-order valence-corrected chi connectivity index (χ1v) is 5.04. The van der Waals surface area contributed by atoms with Crippen LogP contribution in [0.25, 0.3) is 5.70 Å². The van der Waals surface area contributed by atoms with E-state index in [1.807, 2.05) is 45.0 Å². The molecule has 0 aliphatic heterocycles. The summed E-state index contributed by atoms with van der Waals surface area (Å²) in [6, 6.07) is 8.02. The fourth-order valence-electron chi connectivity index (χ4n) is 1.18. The second kappa shape index (κ2) is 5.35. The molecule has 0 N–H and O–H groups in total. The lowest BCUT2D eigenvalue weighted by Gasteiger charge is -2.05. The van der Waals surface area contributed by atoms with Crippen LogP contribution in [0.2, 0.25) is 0 Å². The molecule has 80 valence electrons. The minimum atomic E-state index is 0.151. The third-order valence-electron chi connectivity index (χ3n) is 2.00. The maximum atomic E-state index is 5.22. The third-order valence-corrected chi connectivity index (χ3v) is 2.00. The van der Waals surface area contributed by atoms with E-state index in [0.717, 1.165) is 11.3 Å². The molecule has 0 aromatic heterocycles. The third kappa shape index (κ3) is 3.58. The molecule has 0 bridgehead atoms. The van der Waals surface area contributed by atoms with E-state index < -0.39 is 0 Å². The van der Waals surface area contributed by atoms with Gasteiger partial charge in [0.2, 0.25) is 0 Å². The van der Waals surface area contributed by atoms with Crippen LogP contribution in [0.1, 0.15) is 25.0 Å². The molecule has 15 heavy (non-hydrogen) atoms. The average molecular weight is 203 g/mol. The summed E-state index contributed by atoms with van der Waals surface area (Å²) in [4.78, 5) is 4.15. The monoisotopic (exact) mass is 203 g/mol. The van der Waals surface area contributed by atoms with Gasteiger partial charge in [0.15, 0.2) is 6.40 Å². The topological polar surface area (TPSA) is 21.6 Å². The largest absolute Gasteiger partial charge is 0.481 e. The summed E-state index contributed by atoms with van der Waals surface area (Å²) < 4.78 is 5.22. The van der Waals surface area contributed by atoms with Gasteiger partial charge >= 0.3 is 0 Å². The maximum absolute atomic E-state index is 5.22. The van der Waals surface area contributed by atoms with Gasteiger partial charge in [-0.25, -0.2) is 4.99 Å². The summed E-state index contributed by atoms with van der Waals surface area (Å²) in [5.41, 5.74) is 2.96. The molecule has 1 aromatic rings. The van der Waals surface area contributed by atoms with Crippen molar-refractivity contribution in [2.24, 2.45) is 4.99 Å². The standard InChI is InChI=1S/C13H17NO/c1-10(2)15-9-14-12(4)13-8-6-5-7-11(13)3/h5-10H,4H2,1-3H3. The molecular weight excluding hydrogens is 186 g/mol. The van der Waals surface area contributed by atoms with Gasteiger partial charge in [0, 0.05) is 5.56 Å². The summed E-state index contributed by atoms with van der Waals surface area (Å²) in [6.45, 7) is 9.87. The van der Waals surface area contributed by atoms with Gasteiger partial charge in [-0.15, -0.1) is 0 Å². The van der Waals surface area contributed by atoms with Gasteiger partial charge in [-0.3, -0.25) is 0 Å². The van der Waals surface area contributed by atoms with E-state index >= 15 is 0 Å². The maximum Gasteiger partial charge on any atom is 0.174 e. The molecule has 0 fully saturated rings. The lowest BCUT2D eigenvalue weighted by atomic mass is 10.1. The molecule has 0 heterocycles. The van der Waals surface area contributed by atoms with E-state index in [9.17, 15) is 0 Å². The normalized spacial score (nSPS) is 10.9. The summed E-state index contributed by atoms with van der Waals surface area (Å²) in [7, 11) is 0. The first-order chi connectivity index (χ1) is 7.11. The Bertz CT molecular complexity index is 367. The van der Waals surface area contributed by atoms with Crippen molar-refractivity contribution in [3.8, 4) is 0 Å². The quantitative estimate of drug-likeness (QED) is 0.542. The fourth-order valence-corrected chi connectivity index (χ4v) is 1.18. The van der Waals surface area contributed by atoms with Crippen LogP contribution in [0, 0.1) is 6.92 Å². The summed E-state index contributed by atoms with van der Waals surface area (Å²) in [5, 5.41) is 0. The second-order valence-corrected chi connectivity index (χ2v) is 3.68. The van der Waals surface area contributed by atoms with Gasteiger partial charge in [-0.05, 0) is 26.3 Å². The Labute approximate surface area is 91.3 Å². The van der Waals surface area contributed by atoms with Crippen molar-refractivity contribution in [1.29, 1.82) is 0 Å². The number of aryl methyl sites for hydroxylation is 1. The molecule has 2 heteroatoms. The Morgan fingerprint density at radius 1 is 1.40 bits per heavy atom. The second-order valence-electron chi connectivity index (χ2n) is 3.68. The Kier molecular flexibility index (Phi) is 4.10. The number of nitrogens with zero attached hydrogens (tertiary/aromatic N) is 1. The van der Waals surface area contributed by atoms with Crippen molar-refractivity contribution in [1.82, 2.24) is 0 Å². The lowest BCUT2D eigenvalue weighted by Crippen LogP contribution is -1.99. The molecule has 0 spiro atoms. The lowest BCUT2D eigenvalue weighted by molar-refractivity contribution is 0.241. The van der Waals surface area contributed by atoms with E-state index in [4.69, 9.17) is 4.74 Å². The van der Waals surface area contributed by atoms with Gasteiger partial charge < -0.3 is 4.74 Å². The Morgan fingerprint density at radius 3 is 2.67 bits per heavy atom. The van der Waals surface area contributed by atoms with E-state index in [1.54, 1.807) is 0 Å². The molecule has 0 aliphatic rings. The molecule has 0 radical (unpaired) electrons. The van der Waals surface area contributed by atoms with Crippen LogP contribution in [0.15, 0.2) is 35.8 Å². The van der Waals surface area contributed by atoms with E-state index in [2.05, 4.69) is 11.6 Å². The van der Waals surface area contributed by atoms with Gasteiger partial charge in [0.1, 0.15) is 0 Å². The molecule has 1 aromatic carbocycles. The van der Waals surface area contributed by atoms with Crippen LogP contribution in [0.3, 0.4) is 0 Å². The molecule has 0 saturated carbocycles. The fraction of sp³-hybridized carbons (Fsp3) is 0.308. The number of ether oxygens (including phenoxy) is 1. The Balaban J connectivity index is 2.70. The first kappa shape index (κ1) is 11.5. The van der Waals surface area contributed by atoms with Gasteiger partial charge in [0.05, 0.1) is 11.8 Å². The smallest absolute Gasteiger partial charge is 0.174 e. The Morgan fingerprint density at radius 2 is 2.07 bits per heavy atom. The number of benzene rings is 1. The predicted molar refractivity (Wildman–Crippen MR) is 64.9 cm³/mol. The molecule has 2 nitrogen and oxygen atoms in total.